The second-order valence-electron chi connectivity index (χ2n) is 8.68. The second-order valence-corrected chi connectivity index (χ2v) is 10.8. The fraction of sp³-hybridized carbons (Fsp3) is 0.667. The predicted octanol–water partition coefficient (Wildman–Crippen LogP) is 1.53. The van der Waals surface area contributed by atoms with Crippen LogP contribution in [0.1, 0.15) is 32.1 Å². The van der Waals surface area contributed by atoms with Gasteiger partial charge in [-0.1, -0.05) is 25.2 Å². The van der Waals surface area contributed by atoms with Crippen LogP contribution >= 0.6 is 23.1 Å². The van der Waals surface area contributed by atoms with Gasteiger partial charge in [0.05, 0.1) is 16.9 Å². The molecule has 2 amide bonds. The van der Waals surface area contributed by atoms with E-state index in [0.29, 0.717) is 0 Å². The molecule has 3 heterocycles. The number of hydrogen-bond donors (Lipinski definition) is 2. The number of aromatic amines is 1. The molecule has 1 aromatic rings. The maximum absolute atomic E-state index is 13.0. The number of likely N-dealkylation sites (tertiary alicyclic amines) is 1. The average molecular weight is 409 g/mol. The first-order valence-electron chi connectivity index (χ1n) is 9.14. The normalized spacial score (nSPS) is 39.3. The molecule has 5 rings (SSSR count). The first kappa shape index (κ1) is 17.5. The second kappa shape index (κ2) is 5.26. The van der Waals surface area contributed by atoms with Gasteiger partial charge in [0, 0.05) is 15.5 Å². The summed E-state index contributed by atoms with van der Waals surface area (Å²) in [4.78, 5) is 54.2. The number of carbonyl (C=O) groups is 3. The molecule has 0 spiro atoms. The van der Waals surface area contributed by atoms with Crippen LogP contribution < -0.4 is 4.87 Å². The van der Waals surface area contributed by atoms with E-state index in [1.54, 1.807) is 11.8 Å². The number of carbonyl (C=O) groups excluding carboxylic acids is 2. The van der Waals surface area contributed by atoms with E-state index < -0.39 is 23.8 Å². The summed E-state index contributed by atoms with van der Waals surface area (Å²) in [5, 5.41) is 10.4. The Morgan fingerprint density at radius 2 is 1.85 bits per heavy atom. The van der Waals surface area contributed by atoms with Gasteiger partial charge in [0.1, 0.15) is 6.04 Å². The van der Waals surface area contributed by atoms with Gasteiger partial charge >= 0.3 is 10.8 Å². The predicted molar refractivity (Wildman–Crippen MR) is 98.6 cm³/mol. The van der Waals surface area contributed by atoms with Crippen molar-refractivity contribution >= 4 is 40.9 Å². The van der Waals surface area contributed by atoms with Gasteiger partial charge in [0.25, 0.3) is 0 Å². The highest BCUT2D eigenvalue weighted by Crippen LogP contribution is 2.68. The summed E-state index contributed by atoms with van der Waals surface area (Å²) >= 11 is 2.88. The van der Waals surface area contributed by atoms with Crippen molar-refractivity contribution in [3.05, 3.63) is 14.5 Å². The van der Waals surface area contributed by atoms with Gasteiger partial charge in [-0.25, -0.2) is 4.79 Å². The SMILES string of the molecule is C[C@H](C(=O)O)N1C(=O)[C@@H]2[C@H]3C[C@H]([C@H]4Sc5[nH]c(=O)sc5C(C)(C)[C@H]34)[C@@H]2C1=O. The number of rotatable bonds is 2. The highest BCUT2D eigenvalue weighted by Gasteiger charge is 2.71. The Balaban J connectivity index is 1.57. The van der Waals surface area contributed by atoms with Crippen molar-refractivity contribution in [3.8, 4) is 0 Å². The monoisotopic (exact) mass is 408 g/mol. The lowest BCUT2D eigenvalue weighted by molar-refractivity contribution is -0.154. The number of thiazole rings is 1. The highest BCUT2D eigenvalue weighted by molar-refractivity contribution is 8.00. The Morgan fingerprint density at radius 3 is 2.48 bits per heavy atom. The molecule has 2 aliphatic carbocycles. The highest BCUT2D eigenvalue weighted by atomic mass is 32.2. The minimum Gasteiger partial charge on any atom is -0.480 e. The third-order valence-electron chi connectivity index (χ3n) is 7.17. The van der Waals surface area contributed by atoms with Crippen LogP contribution in [0.3, 0.4) is 0 Å². The lowest BCUT2D eigenvalue weighted by Gasteiger charge is -2.47. The van der Waals surface area contributed by atoms with E-state index >= 15 is 0 Å². The van der Waals surface area contributed by atoms with Crippen molar-refractivity contribution in [1.82, 2.24) is 9.88 Å². The van der Waals surface area contributed by atoms with Gasteiger partial charge in [0.15, 0.2) is 0 Å². The molecule has 0 aromatic carbocycles. The summed E-state index contributed by atoms with van der Waals surface area (Å²) in [6, 6.07) is -1.13. The molecule has 3 fully saturated rings. The van der Waals surface area contributed by atoms with Crippen LogP contribution in [0, 0.1) is 29.6 Å². The van der Waals surface area contributed by atoms with Crippen LogP contribution in [-0.4, -0.2) is 44.1 Å². The summed E-state index contributed by atoms with van der Waals surface area (Å²) in [6.45, 7) is 5.65. The molecule has 0 radical (unpaired) electrons. The number of thioether (sulfide) groups is 1. The zero-order chi connectivity index (χ0) is 19.4. The Kier molecular flexibility index (Phi) is 3.40. The summed E-state index contributed by atoms with van der Waals surface area (Å²) in [5.74, 6) is -2.33. The fourth-order valence-corrected chi connectivity index (χ4v) is 9.32. The standard InChI is InChI=1S/C18H20N2O5S2/c1-5(16(23)24)20-14(21)8-6-4-7(9(8)15(20)22)11-10(6)18(2,3)12-13(26-11)19-17(25)27-12/h5-11H,4H2,1-3H3,(H,19,25)(H,23,24)/t5-,6-,7+,8-,9+,10-,11-/m1/s1. The molecule has 27 heavy (non-hydrogen) atoms. The number of aromatic nitrogens is 1. The molecule has 2 saturated carbocycles. The molecule has 2 aliphatic heterocycles. The minimum absolute atomic E-state index is 0.0493. The van der Waals surface area contributed by atoms with E-state index in [9.17, 15) is 24.3 Å². The Morgan fingerprint density at radius 1 is 1.22 bits per heavy atom. The topological polar surface area (TPSA) is 108 Å². The molecule has 4 aliphatic rings. The molecule has 9 heteroatoms. The quantitative estimate of drug-likeness (QED) is 0.719. The van der Waals surface area contributed by atoms with E-state index in [1.807, 2.05) is 0 Å². The van der Waals surface area contributed by atoms with E-state index in [0.717, 1.165) is 21.2 Å². The van der Waals surface area contributed by atoms with E-state index in [4.69, 9.17) is 0 Å². The lowest BCUT2D eigenvalue weighted by Crippen LogP contribution is -2.48. The molecule has 2 bridgehead atoms. The first-order chi connectivity index (χ1) is 12.6. The number of aliphatic carboxylic acids is 1. The molecule has 7 atom stereocenters. The van der Waals surface area contributed by atoms with Crippen LogP contribution in [0.15, 0.2) is 9.82 Å². The molecule has 144 valence electrons. The Bertz CT molecular complexity index is 950. The van der Waals surface area contributed by atoms with Crippen molar-refractivity contribution in [2.75, 3.05) is 0 Å². The van der Waals surface area contributed by atoms with E-state index in [1.165, 1.54) is 18.3 Å². The number of amides is 2. The van der Waals surface area contributed by atoms with Crippen LogP contribution in [0.2, 0.25) is 0 Å². The number of H-pyrrole nitrogens is 1. The summed E-state index contributed by atoms with van der Waals surface area (Å²) in [6.07, 6.45) is 0.826. The molecular formula is C18H20N2O5S2. The number of nitrogens with zero attached hydrogens (tertiary/aromatic N) is 1. The third kappa shape index (κ3) is 1.99. The molecule has 2 N–H and O–H groups in total. The molecule has 0 unspecified atom stereocenters. The number of carboxylic acid groups (broad SMARTS) is 1. The maximum atomic E-state index is 13.0. The number of imide groups is 1. The number of nitrogens with one attached hydrogen (secondary N) is 1. The Labute approximate surface area is 163 Å². The molecule has 1 saturated heterocycles. The Hall–Kier alpha value is -1.61. The molecule has 7 nitrogen and oxygen atoms in total. The van der Waals surface area contributed by atoms with Crippen molar-refractivity contribution in [2.45, 2.75) is 48.9 Å². The fourth-order valence-electron chi connectivity index (χ4n) is 6.17. The third-order valence-corrected chi connectivity index (χ3v) is 9.98. The average Bonchev–Trinajstić information content (AvgIpc) is 3.29. The first-order valence-corrected chi connectivity index (χ1v) is 10.8. The van der Waals surface area contributed by atoms with Crippen LogP contribution in [0.4, 0.5) is 0 Å². The zero-order valence-electron chi connectivity index (χ0n) is 15.1. The lowest BCUT2D eigenvalue weighted by atomic mass is 9.64. The van der Waals surface area contributed by atoms with Crippen molar-refractivity contribution < 1.29 is 19.5 Å². The summed E-state index contributed by atoms with van der Waals surface area (Å²) < 4.78 is 0. The van der Waals surface area contributed by atoms with Gasteiger partial charge in [-0.05, 0) is 31.1 Å². The van der Waals surface area contributed by atoms with Gasteiger partial charge < -0.3 is 10.1 Å². The number of carboxylic acids is 1. The zero-order valence-corrected chi connectivity index (χ0v) is 16.7. The van der Waals surface area contributed by atoms with Gasteiger partial charge in [-0.15, -0.1) is 11.8 Å². The smallest absolute Gasteiger partial charge is 0.326 e. The van der Waals surface area contributed by atoms with Gasteiger partial charge in [-0.2, -0.15) is 0 Å². The molecule has 1 aromatic heterocycles. The summed E-state index contributed by atoms with van der Waals surface area (Å²) in [7, 11) is 0. The largest absolute Gasteiger partial charge is 0.480 e. The van der Waals surface area contributed by atoms with Crippen molar-refractivity contribution in [2.24, 2.45) is 29.6 Å². The van der Waals surface area contributed by atoms with E-state index in [2.05, 4.69) is 18.8 Å². The van der Waals surface area contributed by atoms with Gasteiger partial charge in [0.2, 0.25) is 11.8 Å². The summed E-state index contributed by atoms with van der Waals surface area (Å²) in [5.41, 5.74) is -0.255. The number of fused-ring (bicyclic) bond motifs is 9. The van der Waals surface area contributed by atoms with Gasteiger partial charge in [-0.3, -0.25) is 19.3 Å². The van der Waals surface area contributed by atoms with Crippen LogP contribution in [-0.2, 0) is 19.8 Å². The van der Waals surface area contributed by atoms with Crippen LogP contribution in [0.5, 0.6) is 0 Å². The number of hydrogen-bond acceptors (Lipinski definition) is 6. The molecular weight excluding hydrogens is 388 g/mol. The van der Waals surface area contributed by atoms with Crippen molar-refractivity contribution in [1.29, 1.82) is 0 Å². The van der Waals surface area contributed by atoms with Crippen LogP contribution in [0.25, 0.3) is 0 Å². The minimum atomic E-state index is -1.16. The maximum Gasteiger partial charge on any atom is 0.326 e. The van der Waals surface area contributed by atoms with E-state index in [-0.39, 0.29) is 45.1 Å². The van der Waals surface area contributed by atoms with Crippen molar-refractivity contribution in [3.63, 3.8) is 0 Å².